The van der Waals surface area contributed by atoms with E-state index in [1.807, 2.05) is 90.1 Å². The van der Waals surface area contributed by atoms with Crippen molar-refractivity contribution in [2.75, 3.05) is 0 Å². The summed E-state index contributed by atoms with van der Waals surface area (Å²) in [4.78, 5) is 25.9. The number of aromatic nitrogens is 2. The minimum atomic E-state index is -0.559. The molecule has 5 rings (SSSR count). The van der Waals surface area contributed by atoms with Crippen molar-refractivity contribution in [3.63, 3.8) is 0 Å². The van der Waals surface area contributed by atoms with Gasteiger partial charge in [0.1, 0.15) is 36.2 Å². The highest BCUT2D eigenvalue weighted by Gasteiger charge is 2.22. The van der Waals surface area contributed by atoms with Gasteiger partial charge in [-0.1, -0.05) is 98.3 Å². The van der Waals surface area contributed by atoms with Gasteiger partial charge in [0.25, 0.3) is 0 Å². The summed E-state index contributed by atoms with van der Waals surface area (Å²) in [5, 5.41) is 0. The Hall–Kier alpha value is -4.97. The molecule has 0 amide bonds. The van der Waals surface area contributed by atoms with E-state index < -0.39 is 11.2 Å². The Morgan fingerprint density at radius 3 is 1.59 bits per heavy atom. The molecular formula is C43H49N2O4+. The summed E-state index contributed by atoms with van der Waals surface area (Å²) in [6, 6.07) is 32.1. The van der Waals surface area contributed by atoms with Crippen molar-refractivity contribution < 1.29 is 23.6 Å². The molecular weight excluding hydrogens is 608 g/mol. The van der Waals surface area contributed by atoms with Gasteiger partial charge in [-0.3, -0.25) is 0 Å². The molecule has 6 nitrogen and oxygen atoms in total. The SMILES string of the molecule is CCCCc1c[n+](Cc2ccc(-c3ccccc3C(=O)OC(C)(C)C)cc2)cn1Cc1ccc(-c2ccccc2C(=O)OC(C)(C)C)cc1. The van der Waals surface area contributed by atoms with E-state index in [1.165, 1.54) is 16.8 Å². The van der Waals surface area contributed by atoms with Crippen molar-refractivity contribution in [2.45, 2.75) is 92.0 Å². The summed E-state index contributed by atoms with van der Waals surface area (Å²) in [6.07, 6.45) is 7.71. The smallest absolute Gasteiger partial charge is 0.339 e. The fourth-order valence-electron chi connectivity index (χ4n) is 5.83. The van der Waals surface area contributed by atoms with Crippen molar-refractivity contribution in [1.29, 1.82) is 0 Å². The molecule has 0 fully saturated rings. The van der Waals surface area contributed by atoms with Crippen LogP contribution in [-0.4, -0.2) is 27.7 Å². The number of ether oxygens (including phenoxy) is 2. The van der Waals surface area contributed by atoms with Crippen molar-refractivity contribution in [3.8, 4) is 22.3 Å². The molecule has 0 aliphatic carbocycles. The maximum absolute atomic E-state index is 12.9. The molecule has 5 aromatic rings. The second-order valence-electron chi connectivity index (χ2n) is 14.6. The molecule has 1 heterocycles. The zero-order chi connectivity index (χ0) is 35.2. The molecule has 0 aliphatic heterocycles. The third-order valence-electron chi connectivity index (χ3n) is 8.10. The van der Waals surface area contributed by atoms with E-state index in [-0.39, 0.29) is 11.9 Å². The standard InChI is InChI=1S/C43H49N2O4/c1-8-9-14-35-29-44(27-31-19-23-33(24-20-31)36-15-10-12-17-38(36)40(46)48-42(2,3)4)30-45(35)28-32-21-25-34(26-22-32)37-16-11-13-18-39(37)41(47)49-43(5,6)7/h10-13,15-26,29-30H,8-9,14,27-28H2,1-7H3/q+1. The predicted molar refractivity (Wildman–Crippen MR) is 196 cm³/mol. The maximum Gasteiger partial charge on any atom is 0.339 e. The van der Waals surface area contributed by atoms with Crippen LogP contribution >= 0.6 is 0 Å². The predicted octanol–water partition coefficient (Wildman–Crippen LogP) is 9.46. The highest BCUT2D eigenvalue weighted by atomic mass is 16.6. The molecule has 0 aliphatic rings. The van der Waals surface area contributed by atoms with Crippen LogP contribution in [0.25, 0.3) is 22.3 Å². The van der Waals surface area contributed by atoms with E-state index in [2.05, 4.69) is 77.1 Å². The Bertz CT molecular complexity index is 1890. The van der Waals surface area contributed by atoms with E-state index in [4.69, 9.17) is 9.47 Å². The third-order valence-corrected chi connectivity index (χ3v) is 8.10. The first-order chi connectivity index (χ1) is 23.3. The molecule has 6 heteroatoms. The third kappa shape index (κ3) is 9.56. The van der Waals surface area contributed by atoms with Gasteiger partial charge in [-0.15, -0.1) is 0 Å². The minimum Gasteiger partial charge on any atom is -0.456 e. The Balaban J connectivity index is 1.32. The van der Waals surface area contributed by atoms with Crippen LogP contribution in [-0.2, 0) is 29.0 Å². The molecule has 0 spiro atoms. The Morgan fingerprint density at radius 2 is 1.12 bits per heavy atom. The summed E-state index contributed by atoms with van der Waals surface area (Å²) < 4.78 is 15.9. The van der Waals surface area contributed by atoms with Gasteiger partial charge in [0, 0.05) is 6.42 Å². The van der Waals surface area contributed by atoms with Gasteiger partial charge in [-0.2, -0.15) is 0 Å². The van der Waals surface area contributed by atoms with Gasteiger partial charge >= 0.3 is 11.9 Å². The molecule has 4 aromatic carbocycles. The van der Waals surface area contributed by atoms with Gasteiger partial charge in [0.15, 0.2) is 0 Å². The fourth-order valence-corrected chi connectivity index (χ4v) is 5.83. The molecule has 0 radical (unpaired) electrons. The van der Waals surface area contributed by atoms with E-state index in [0.717, 1.165) is 54.6 Å². The van der Waals surface area contributed by atoms with Crippen LogP contribution in [0.5, 0.6) is 0 Å². The van der Waals surface area contributed by atoms with Crippen LogP contribution in [0.15, 0.2) is 110 Å². The summed E-state index contributed by atoms with van der Waals surface area (Å²) in [5.74, 6) is -0.631. The highest BCUT2D eigenvalue weighted by Crippen LogP contribution is 2.28. The van der Waals surface area contributed by atoms with Crippen LogP contribution in [0.4, 0.5) is 0 Å². The first-order valence-corrected chi connectivity index (χ1v) is 17.2. The molecule has 0 N–H and O–H groups in total. The van der Waals surface area contributed by atoms with Gasteiger partial charge < -0.3 is 9.47 Å². The maximum atomic E-state index is 12.9. The average Bonchev–Trinajstić information content (AvgIpc) is 3.43. The summed E-state index contributed by atoms with van der Waals surface area (Å²) in [5.41, 5.74) is 7.37. The van der Waals surface area contributed by atoms with Crippen LogP contribution in [0.3, 0.4) is 0 Å². The van der Waals surface area contributed by atoms with Gasteiger partial charge in [-0.05, 0) is 93.5 Å². The minimum absolute atomic E-state index is 0.315. The largest absolute Gasteiger partial charge is 0.456 e. The summed E-state index contributed by atoms with van der Waals surface area (Å²) in [7, 11) is 0. The number of aryl methyl sites for hydroxylation is 1. The number of hydrogen-bond acceptors (Lipinski definition) is 4. The van der Waals surface area contributed by atoms with Crippen LogP contribution in [0.1, 0.15) is 98.8 Å². The molecule has 49 heavy (non-hydrogen) atoms. The number of benzene rings is 4. The zero-order valence-corrected chi connectivity index (χ0v) is 30.0. The first kappa shape index (κ1) is 35.3. The van der Waals surface area contributed by atoms with Crippen LogP contribution in [0, 0.1) is 0 Å². The monoisotopic (exact) mass is 657 g/mol. The number of nitrogens with zero attached hydrogens (tertiary/aromatic N) is 2. The van der Waals surface area contributed by atoms with Crippen LogP contribution < -0.4 is 4.57 Å². The van der Waals surface area contributed by atoms with Gasteiger partial charge in [-0.25, -0.2) is 18.7 Å². The molecule has 1 aromatic heterocycles. The second kappa shape index (κ2) is 15.1. The number of unbranched alkanes of at least 4 members (excludes halogenated alkanes) is 1. The topological polar surface area (TPSA) is 61.4 Å². The quantitative estimate of drug-likeness (QED) is 0.105. The lowest BCUT2D eigenvalue weighted by Gasteiger charge is -2.20. The van der Waals surface area contributed by atoms with E-state index in [9.17, 15) is 9.59 Å². The molecule has 254 valence electrons. The highest BCUT2D eigenvalue weighted by molar-refractivity contribution is 5.98. The number of hydrogen-bond donors (Lipinski definition) is 0. The number of esters is 2. The lowest BCUT2D eigenvalue weighted by Crippen LogP contribution is -2.31. The number of imidazole rings is 1. The van der Waals surface area contributed by atoms with Crippen molar-refractivity contribution in [1.82, 2.24) is 4.57 Å². The van der Waals surface area contributed by atoms with Crippen molar-refractivity contribution in [2.24, 2.45) is 0 Å². The second-order valence-corrected chi connectivity index (χ2v) is 14.6. The number of carbonyl (C=O) groups excluding carboxylic acids is 2. The van der Waals surface area contributed by atoms with Crippen molar-refractivity contribution in [3.05, 3.63) is 138 Å². The van der Waals surface area contributed by atoms with E-state index >= 15 is 0 Å². The van der Waals surface area contributed by atoms with Gasteiger partial charge in [0.2, 0.25) is 6.33 Å². The summed E-state index contributed by atoms with van der Waals surface area (Å²) >= 11 is 0. The Kier molecular flexibility index (Phi) is 10.9. The summed E-state index contributed by atoms with van der Waals surface area (Å²) in [6.45, 7) is 15.0. The van der Waals surface area contributed by atoms with Crippen molar-refractivity contribution >= 4 is 11.9 Å². The van der Waals surface area contributed by atoms with Crippen LogP contribution in [0.2, 0.25) is 0 Å². The Labute approximate surface area is 291 Å². The average molecular weight is 658 g/mol. The number of carbonyl (C=O) groups is 2. The Morgan fingerprint density at radius 1 is 0.653 bits per heavy atom. The zero-order valence-electron chi connectivity index (χ0n) is 30.0. The lowest BCUT2D eigenvalue weighted by atomic mass is 9.98. The molecule has 0 saturated heterocycles. The molecule has 0 saturated carbocycles. The fraction of sp³-hybridized carbons (Fsp3) is 0.326. The first-order valence-electron chi connectivity index (χ1n) is 17.2. The number of rotatable bonds is 11. The van der Waals surface area contributed by atoms with E-state index in [1.54, 1.807) is 0 Å². The molecule has 0 unspecified atom stereocenters. The van der Waals surface area contributed by atoms with Gasteiger partial charge in [0.05, 0.1) is 11.1 Å². The molecule has 0 atom stereocenters. The molecule has 0 bridgehead atoms. The van der Waals surface area contributed by atoms with E-state index in [0.29, 0.717) is 11.1 Å². The normalized spacial score (nSPS) is 11.7. The lowest BCUT2D eigenvalue weighted by molar-refractivity contribution is -0.688.